The van der Waals surface area contributed by atoms with Crippen LogP contribution in [-0.2, 0) is 16.1 Å². The maximum absolute atomic E-state index is 12.7. The summed E-state index contributed by atoms with van der Waals surface area (Å²) in [7, 11) is 0. The lowest BCUT2D eigenvalue weighted by Crippen LogP contribution is -2.41. The third-order valence-electron chi connectivity index (χ3n) is 5.32. The smallest absolute Gasteiger partial charge is 0.311 e. The van der Waals surface area contributed by atoms with Gasteiger partial charge in [-0.1, -0.05) is 26.0 Å². The number of aryl methyl sites for hydroxylation is 1. The highest BCUT2D eigenvalue weighted by Gasteiger charge is 2.48. The van der Waals surface area contributed by atoms with Crippen LogP contribution in [0.15, 0.2) is 24.3 Å². The van der Waals surface area contributed by atoms with E-state index >= 15 is 0 Å². The van der Waals surface area contributed by atoms with E-state index in [4.69, 9.17) is 0 Å². The van der Waals surface area contributed by atoms with E-state index in [9.17, 15) is 14.7 Å². The number of likely N-dealkylation sites (tertiary alicyclic amines) is 1. The fraction of sp³-hybridized carbons (Fsp3) is 0.500. The number of carboxylic acids is 1. The molecule has 1 aliphatic rings. The van der Waals surface area contributed by atoms with Gasteiger partial charge in [-0.3, -0.25) is 9.59 Å². The zero-order valence-corrected chi connectivity index (χ0v) is 14.3. The van der Waals surface area contributed by atoms with E-state index in [0.29, 0.717) is 13.0 Å². The molecule has 24 heavy (non-hydrogen) atoms. The Hall–Kier alpha value is -2.37. The summed E-state index contributed by atoms with van der Waals surface area (Å²) in [5, 5.41) is 9.62. The molecule has 1 aromatic heterocycles. The summed E-state index contributed by atoms with van der Waals surface area (Å²) in [4.78, 5) is 30.6. The highest BCUT2D eigenvalue weighted by molar-refractivity contribution is 5.83. The Morgan fingerprint density at radius 2 is 2.04 bits per heavy atom. The highest BCUT2D eigenvalue weighted by atomic mass is 16.4. The summed E-state index contributed by atoms with van der Waals surface area (Å²) in [5.74, 6) is -0.0807. The minimum Gasteiger partial charge on any atom is -0.481 e. The van der Waals surface area contributed by atoms with Crippen molar-refractivity contribution < 1.29 is 14.7 Å². The molecule has 6 heteroatoms. The average Bonchev–Trinajstić information content (AvgIpc) is 3.11. The van der Waals surface area contributed by atoms with Crippen LogP contribution < -0.4 is 0 Å². The first kappa shape index (κ1) is 16.5. The highest BCUT2D eigenvalue weighted by Crippen LogP contribution is 2.38. The van der Waals surface area contributed by atoms with E-state index < -0.39 is 11.4 Å². The first-order chi connectivity index (χ1) is 11.3. The number of imidazole rings is 1. The van der Waals surface area contributed by atoms with Crippen molar-refractivity contribution in [1.29, 1.82) is 0 Å². The topological polar surface area (TPSA) is 75.4 Å². The van der Waals surface area contributed by atoms with Crippen LogP contribution in [-0.4, -0.2) is 44.5 Å². The zero-order chi connectivity index (χ0) is 17.5. The number of para-hydroxylation sites is 2. The molecule has 1 N–H and O–H groups in total. The van der Waals surface area contributed by atoms with Crippen LogP contribution in [0.4, 0.5) is 0 Å². The van der Waals surface area contributed by atoms with E-state index in [0.717, 1.165) is 16.9 Å². The van der Waals surface area contributed by atoms with Crippen molar-refractivity contribution in [2.45, 2.75) is 33.7 Å². The minimum absolute atomic E-state index is 0.0105. The third kappa shape index (κ3) is 2.56. The molecular weight excluding hydrogens is 306 g/mol. The first-order valence-electron chi connectivity index (χ1n) is 8.28. The molecule has 0 bridgehead atoms. The quantitative estimate of drug-likeness (QED) is 0.934. The normalized spacial score (nSPS) is 20.9. The summed E-state index contributed by atoms with van der Waals surface area (Å²) in [6.45, 7) is 6.68. The van der Waals surface area contributed by atoms with Crippen LogP contribution in [0.25, 0.3) is 11.0 Å². The molecule has 1 aromatic carbocycles. The van der Waals surface area contributed by atoms with E-state index in [-0.39, 0.29) is 24.9 Å². The van der Waals surface area contributed by atoms with Crippen LogP contribution in [0.5, 0.6) is 0 Å². The Bertz CT molecular complexity index is 796. The van der Waals surface area contributed by atoms with Gasteiger partial charge in [0.2, 0.25) is 5.91 Å². The number of carbonyl (C=O) groups excluding carboxylic acids is 1. The number of carbonyl (C=O) groups is 2. The molecular formula is C18H23N3O3. The number of carboxylic acid groups (broad SMARTS) is 1. The molecule has 0 aliphatic carbocycles. The SMILES string of the molecule is Cc1nc2ccccc2n1CC(=O)N1CCC(C(=O)O)(C(C)C)C1. The molecule has 1 saturated heterocycles. The Balaban J connectivity index is 1.81. The number of fused-ring (bicyclic) bond motifs is 1. The molecule has 128 valence electrons. The minimum atomic E-state index is -0.832. The molecule has 2 heterocycles. The largest absolute Gasteiger partial charge is 0.481 e. The summed E-state index contributed by atoms with van der Waals surface area (Å²) < 4.78 is 1.90. The Kier molecular flexibility index (Phi) is 4.07. The molecule has 1 amide bonds. The number of aromatic nitrogens is 2. The summed E-state index contributed by atoms with van der Waals surface area (Å²) >= 11 is 0. The van der Waals surface area contributed by atoms with Gasteiger partial charge >= 0.3 is 5.97 Å². The molecule has 3 rings (SSSR count). The lowest BCUT2D eigenvalue weighted by Gasteiger charge is -2.28. The van der Waals surface area contributed by atoms with Gasteiger partial charge in [0.15, 0.2) is 0 Å². The Morgan fingerprint density at radius 1 is 1.33 bits per heavy atom. The van der Waals surface area contributed by atoms with Gasteiger partial charge in [-0.25, -0.2) is 4.98 Å². The zero-order valence-electron chi connectivity index (χ0n) is 14.3. The van der Waals surface area contributed by atoms with E-state index in [1.807, 2.05) is 49.6 Å². The number of hydrogen-bond donors (Lipinski definition) is 1. The standard InChI is InChI=1S/C18H23N3O3/c1-12(2)18(17(23)24)8-9-20(11-18)16(22)10-21-13(3)19-14-6-4-5-7-15(14)21/h4-7,12H,8-11H2,1-3H3,(H,23,24). The van der Waals surface area contributed by atoms with Crippen molar-refractivity contribution >= 4 is 22.9 Å². The maximum atomic E-state index is 12.7. The Morgan fingerprint density at radius 3 is 2.67 bits per heavy atom. The third-order valence-corrected chi connectivity index (χ3v) is 5.32. The second-order valence-electron chi connectivity index (χ2n) is 6.92. The number of amides is 1. The van der Waals surface area contributed by atoms with Gasteiger partial charge in [0.1, 0.15) is 12.4 Å². The number of aliphatic carboxylic acids is 1. The molecule has 1 atom stereocenters. The molecule has 0 spiro atoms. The van der Waals surface area contributed by atoms with Gasteiger partial charge < -0.3 is 14.6 Å². The molecule has 1 aliphatic heterocycles. The number of hydrogen-bond acceptors (Lipinski definition) is 3. The second kappa shape index (κ2) is 5.92. The van der Waals surface area contributed by atoms with Crippen molar-refractivity contribution in [3.05, 3.63) is 30.1 Å². The van der Waals surface area contributed by atoms with Crippen molar-refractivity contribution in [3.8, 4) is 0 Å². The number of benzene rings is 1. The van der Waals surface area contributed by atoms with Crippen LogP contribution in [0.2, 0.25) is 0 Å². The van der Waals surface area contributed by atoms with Crippen LogP contribution in [0.1, 0.15) is 26.1 Å². The maximum Gasteiger partial charge on any atom is 0.311 e. The number of rotatable bonds is 4. The molecule has 6 nitrogen and oxygen atoms in total. The predicted molar refractivity (Wildman–Crippen MR) is 90.6 cm³/mol. The fourth-order valence-corrected chi connectivity index (χ4v) is 3.57. The monoisotopic (exact) mass is 329 g/mol. The summed E-state index contributed by atoms with van der Waals surface area (Å²) in [5.41, 5.74) is 0.962. The van der Waals surface area contributed by atoms with Crippen molar-refractivity contribution in [3.63, 3.8) is 0 Å². The van der Waals surface area contributed by atoms with Crippen LogP contribution >= 0.6 is 0 Å². The lowest BCUT2D eigenvalue weighted by atomic mass is 9.76. The van der Waals surface area contributed by atoms with Gasteiger partial charge in [0.25, 0.3) is 0 Å². The van der Waals surface area contributed by atoms with Gasteiger partial charge in [0.05, 0.1) is 16.4 Å². The predicted octanol–water partition coefficient (Wildman–Crippen LogP) is 2.30. The van der Waals surface area contributed by atoms with Gasteiger partial charge in [0, 0.05) is 13.1 Å². The van der Waals surface area contributed by atoms with E-state index in [1.54, 1.807) is 4.90 Å². The van der Waals surface area contributed by atoms with E-state index in [2.05, 4.69) is 4.98 Å². The van der Waals surface area contributed by atoms with E-state index in [1.165, 1.54) is 0 Å². The van der Waals surface area contributed by atoms with Gasteiger partial charge in [-0.15, -0.1) is 0 Å². The van der Waals surface area contributed by atoms with Crippen molar-refractivity contribution in [2.75, 3.05) is 13.1 Å². The van der Waals surface area contributed by atoms with Crippen molar-refractivity contribution in [2.24, 2.45) is 11.3 Å². The average molecular weight is 329 g/mol. The van der Waals surface area contributed by atoms with Crippen molar-refractivity contribution in [1.82, 2.24) is 14.5 Å². The first-order valence-corrected chi connectivity index (χ1v) is 8.28. The van der Waals surface area contributed by atoms with Gasteiger partial charge in [-0.2, -0.15) is 0 Å². The summed E-state index contributed by atoms with van der Waals surface area (Å²) in [6, 6.07) is 7.72. The molecule has 0 saturated carbocycles. The fourth-order valence-electron chi connectivity index (χ4n) is 3.57. The van der Waals surface area contributed by atoms with Gasteiger partial charge in [-0.05, 0) is 31.4 Å². The molecule has 0 radical (unpaired) electrons. The molecule has 1 fully saturated rings. The summed E-state index contributed by atoms with van der Waals surface area (Å²) in [6.07, 6.45) is 0.509. The van der Waals surface area contributed by atoms with Crippen LogP contribution in [0, 0.1) is 18.3 Å². The Labute approximate surface area is 141 Å². The molecule has 2 aromatic rings. The molecule has 1 unspecified atom stereocenters. The van der Waals surface area contributed by atoms with Crippen LogP contribution in [0.3, 0.4) is 0 Å². The number of nitrogens with zero attached hydrogens (tertiary/aromatic N) is 3. The lowest BCUT2D eigenvalue weighted by molar-refractivity contribution is -0.151. The second-order valence-corrected chi connectivity index (χ2v) is 6.92.